The average Bonchev–Trinajstić information content (AvgIpc) is 2.60. The number of ether oxygens (including phenoxy) is 2. The van der Waals surface area contributed by atoms with E-state index in [1.54, 1.807) is 7.11 Å². The van der Waals surface area contributed by atoms with Crippen LogP contribution < -0.4 is 9.47 Å². The third-order valence-electron chi connectivity index (χ3n) is 4.18. The minimum Gasteiger partial charge on any atom is -0.497 e. The molecule has 1 heterocycles. The molecule has 122 valence electrons. The highest BCUT2D eigenvalue weighted by molar-refractivity contribution is 5.31. The van der Waals surface area contributed by atoms with Crippen LogP contribution in [-0.4, -0.2) is 42.9 Å². The zero-order chi connectivity index (χ0) is 16.1. The molecule has 1 aliphatic rings. The second-order valence-electron chi connectivity index (χ2n) is 5.89. The molecule has 0 spiro atoms. The Bertz CT molecular complexity index is 627. The van der Waals surface area contributed by atoms with Gasteiger partial charge in [-0.2, -0.15) is 0 Å². The van der Waals surface area contributed by atoms with Gasteiger partial charge in [0.1, 0.15) is 24.2 Å². The van der Waals surface area contributed by atoms with Crippen molar-refractivity contribution in [1.29, 1.82) is 0 Å². The predicted molar refractivity (Wildman–Crippen MR) is 89.9 cm³/mol. The molecule has 1 N–H and O–H groups in total. The summed E-state index contributed by atoms with van der Waals surface area (Å²) >= 11 is 0. The molecule has 4 heteroatoms. The number of rotatable bonds is 6. The van der Waals surface area contributed by atoms with E-state index < -0.39 is 6.10 Å². The summed E-state index contributed by atoms with van der Waals surface area (Å²) < 4.78 is 10.8. The van der Waals surface area contributed by atoms with Crippen LogP contribution in [0.1, 0.15) is 11.1 Å². The number of hydrogen-bond donors (Lipinski definition) is 1. The number of hydrogen-bond acceptors (Lipinski definition) is 4. The Morgan fingerprint density at radius 1 is 1.04 bits per heavy atom. The number of aliphatic hydroxyl groups excluding tert-OH is 1. The van der Waals surface area contributed by atoms with Crippen LogP contribution in [0.4, 0.5) is 0 Å². The Labute approximate surface area is 137 Å². The molecule has 0 radical (unpaired) electrons. The average molecular weight is 313 g/mol. The first kappa shape index (κ1) is 15.8. The molecule has 0 saturated carbocycles. The zero-order valence-corrected chi connectivity index (χ0v) is 13.4. The highest BCUT2D eigenvalue weighted by Crippen LogP contribution is 2.19. The number of methoxy groups -OCH3 is 1. The molecule has 1 aliphatic heterocycles. The van der Waals surface area contributed by atoms with E-state index in [1.807, 2.05) is 24.3 Å². The SMILES string of the molecule is COc1ccc(OC[C@H](O)CN2CCc3ccccc3C2)cc1. The Kier molecular flexibility index (Phi) is 5.16. The molecular formula is C19H23NO3. The van der Waals surface area contributed by atoms with Crippen molar-refractivity contribution in [3.05, 3.63) is 59.7 Å². The molecule has 0 aromatic heterocycles. The quantitative estimate of drug-likeness (QED) is 0.890. The van der Waals surface area contributed by atoms with E-state index in [0.29, 0.717) is 13.2 Å². The van der Waals surface area contributed by atoms with E-state index in [0.717, 1.165) is 31.0 Å². The van der Waals surface area contributed by atoms with Crippen molar-refractivity contribution >= 4 is 0 Å². The van der Waals surface area contributed by atoms with Crippen LogP contribution in [0.2, 0.25) is 0 Å². The van der Waals surface area contributed by atoms with Crippen molar-refractivity contribution in [3.8, 4) is 11.5 Å². The fourth-order valence-electron chi connectivity index (χ4n) is 2.93. The number of aliphatic hydroxyl groups is 1. The summed E-state index contributed by atoms with van der Waals surface area (Å²) in [6.45, 7) is 2.81. The molecular weight excluding hydrogens is 290 g/mol. The molecule has 0 bridgehead atoms. The summed E-state index contributed by atoms with van der Waals surface area (Å²) in [7, 11) is 1.64. The lowest BCUT2D eigenvalue weighted by Crippen LogP contribution is -2.38. The molecule has 0 aliphatic carbocycles. The van der Waals surface area contributed by atoms with Crippen LogP contribution in [0, 0.1) is 0 Å². The molecule has 23 heavy (non-hydrogen) atoms. The second-order valence-corrected chi connectivity index (χ2v) is 5.89. The van der Waals surface area contributed by atoms with Crippen molar-refractivity contribution in [1.82, 2.24) is 4.90 Å². The van der Waals surface area contributed by atoms with E-state index >= 15 is 0 Å². The van der Waals surface area contributed by atoms with Gasteiger partial charge in [0.15, 0.2) is 0 Å². The van der Waals surface area contributed by atoms with Gasteiger partial charge >= 0.3 is 0 Å². The van der Waals surface area contributed by atoms with Gasteiger partial charge in [-0.3, -0.25) is 4.90 Å². The lowest BCUT2D eigenvalue weighted by atomic mass is 10.00. The van der Waals surface area contributed by atoms with E-state index in [-0.39, 0.29) is 0 Å². The topological polar surface area (TPSA) is 41.9 Å². The third-order valence-corrected chi connectivity index (χ3v) is 4.18. The van der Waals surface area contributed by atoms with Crippen molar-refractivity contribution in [2.45, 2.75) is 19.1 Å². The van der Waals surface area contributed by atoms with Gasteiger partial charge in [-0.1, -0.05) is 24.3 Å². The van der Waals surface area contributed by atoms with Crippen molar-refractivity contribution in [2.24, 2.45) is 0 Å². The molecule has 0 amide bonds. The minimum atomic E-state index is -0.498. The summed E-state index contributed by atoms with van der Waals surface area (Å²) in [6.07, 6.45) is 0.546. The largest absolute Gasteiger partial charge is 0.497 e. The van der Waals surface area contributed by atoms with Crippen LogP contribution in [0.25, 0.3) is 0 Å². The van der Waals surface area contributed by atoms with Gasteiger partial charge in [-0.25, -0.2) is 0 Å². The van der Waals surface area contributed by atoms with E-state index in [4.69, 9.17) is 9.47 Å². The van der Waals surface area contributed by atoms with Gasteiger partial charge in [0.25, 0.3) is 0 Å². The first-order chi connectivity index (χ1) is 11.2. The van der Waals surface area contributed by atoms with E-state index in [1.165, 1.54) is 11.1 Å². The number of β-amino-alcohol motifs (C(OH)–C–C–N with tert-alkyl or cyclic N) is 1. The first-order valence-corrected chi connectivity index (χ1v) is 7.98. The summed E-state index contributed by atoms with van der Waals surface area (Å²) in [5, 5.41) is 10.2. The van der Waals surface area contributed by atoms with E-state index in [9.17, 15) is 5.11 Å². The molecule has 3 rings (SSSR count). The number of nitrogens with zero attached hydrogens (tertiary/aromatic N) is 1. The van der Waals surface area contributed by atoms with Crippen molar-refractivity contribution in [3.63, 3.8) is 0 Å². The van der Waals surface area contributed by atoms with Gasteiger partial charge in [0, 0.05) is 19.6 Å². The van der Waals surface area contributed by atoms with Crippen LogP contribution in [0.3, 0.4) is 0 Å². The summed E-state index contributed by atoms with van der Waals surface area (Å²) in [6, 6.07) is 15.9. The Hall–Kier alpha value is -2.04. The monoisotopic (exact) mass is 313 g/mol. The molecule has 2 aromatic rings. The molecule has 1 atom stereocenters. The normalized spacial score (nSPS) is 15.7. The van der Waals surface area contributed by atoms with Gasteiger partial charge in [-0.05, 0) is 41.8 Å². The molecule has 0 fully saturated rings. The summed E-state index contributed by atoms with van der Waals surface area (Å²) in [5.74, 6) is 1.54. The van der Waals surface area contributed by atoms with Crippen molar-refractivity contribution in [2.75, 3.05) is 26.8 Å². The Morgan fingerprint density at radius 3 is 2.48 bits per heavy atom. The van der Waals surface area contributed by atoms with Gasteiger partial charge < -0.3 is 14.6 Å². The minimum absolute atomic E-state index is 0.296. The van der Waals surface area contributed by atoms with Crippen molar-refractivity contribution < 1.29 is 14.6 Å². The lowest BCUT2D eigenvalue weighted by molar-refractivity contribution is 0.0637. The fourth-order valence-corrected chi connectivity index (χ4v) is 2.93. The van der Waals surface area contributed by atoms with Gasteiger partial charge in [0.2, 0.25) is 0 Å². The fraction of sp³-hybridized carbons (Fsp3) is 0.368. The predicted octanol–water partition coefficient (Wildman–Crippen LogP) is 2.49. The molecule has 4 nitrogen and oxygen atoms in total. The first-order valence-electron chi connectivity index (χ1n) is 7.98. The van der Waals surface area contributed by atoms with Crippen LogP contribution in [0.5, 0.6) is 11.5 Å². The standard InChI is InChI=1S/C19H23NO3/c1-22-18-6-8-19(9-7-18)23-14-17(21)13-20-11-10-15-4-2-3-5-16(15)12-20/h2-9,17,21H,10-14H2,1H3/t17-/m1/s1. The summed E-state index contributed by atoms with van der Waals surface area (Å²) in [5.41, 5.74) is 2.79. The number of benzene rings is 2. The maximum absolute atomic E-state index is 10.2. The number of fused-ring (bicyclic) bond motifs is 1. The Morgan fingerprint density at radius 2 is 1.74 bits per heavy atom. The smallest absolute Gasteiger partial charge is 0.119 e. The highest BCUT2D eigenvalue weighted by atomic mass is 16.5. The van der Waals surface area contributed by atoms with Gasteiger partial charge in [0.05, 0.1) is 7.11 Å². The second kappa shape index (κ2) is 7.49. The van der Waals surface area contributed by atoms with Crippen LogP contribution in [-0.2, 0) is 13.0 Å². The van der Waals surface area contributed by atoms with Gasteiger partial charge in [-0.15, -0.1) is 0 Å². The highest BCUT2D eigenvalue weighted by Gasteiger charge is 2.18. The molecule has 0 saturated heterocycles. The molecule has 2 aromatic carbocycles. The summed E-state index contributed by atoms with van der Waals surface area (Å²) in [4.78, 5) is 2.28. The maximum atomic E-state index is 10.2. The third kappa shape index (κ3) is 4.24. The van der Waals surface area contributed by atoms with E-state index in [2.05, 4.69) is 29.2 Å². The lowest BCUT2D eigenvalue weighted by Gasteiger charge is -2.30. The molecule has 0 unspecified atom stereocenters. The maximum Gasteiger partial charge on any atom is 0.119 e. The Balaban J connectivity index is 1.47. The van der Waals surface area contributed by atoms with Crippen LogP contribution in [0.15, 0.2) is 48.5 Å². The van der Waals surface area contributed by atoms with Crippen LogP contribution >= 0.6 is 0 Å². The zero-order valence-electron chi connectivity index (χ0n) is 13.4.